The Hall–Kier alpha value is -1.21. The van der Waals surface area contributed by atoms with Crippen LogP contribution in [0.2, 0.25) is 0 Å². The molecule has 0 saturated carbocycles. The Kier molecular flexibility index (Phi) is 4.48. The van der Waals surface area contributed by atoms with Crippen LogP contribution in [-0.4, -0.2) is 41.1 Å². The Balaban J connectivity index is 1.78. The van der Waals surface area contributed by atoms with E-state index in [-0.39, 0.29) is 5.91 Å². The van der Waals surface area contributed by atoms with Crippen LogP contribution in [0.1, 0.15) is 24.3 Å². The topological polar surface area (TPSA) is 84.1 Å². The number of rotatable bonds is 5. The molecule has 2 heterocycles. The minimum Gasteiger partial charge on any atom is -0.370 e. The van der Waals surface area contributed by atoms with Gasteiger partial charge in [-0.1, -0.05) is 11.3 Å². The van der Waals surface area contributed by atoms with Gasteiger partial charge in [-0.2, -0.15) is 0 Å². The molecule has 1 amide bonds. The fourth-order valence-electron chi connectivity index (χ4n) is 2.24. The summed E-state index contributed by atoms with van der Waals surface area (Å²) in [5, 5.41) is 13.0. The van der Waals surface area contributed by atoms with Crippen molar-refractivity contribution in [2.45, 2.75) is 25.8 Å². The number of likely N-dealkylation sites (tertiary alicyclic amines) is 1. The third kappa shape index (κ3) is 3.64. The summed E-state index contributed by atoms with van der Waals surface area (Å²) in [6.07, 6.45) is 2.61. The van der Waals surface area contributed by atoms with Crippen LogP contribution in [0.15, 0.2) is 0 Å². The van der Waals surface area contributed by atoms with Gasteiger partial charge >= 0.3 is 0 Å². The number of carbonyl (C=O) groups is 1. The van der Waals surface area contributed by atoms with Crippen LogP contribution in [0.25, 0.3) is 0 Å². The molecule has 1 aromatic heterocycles. The molecule has 0 unspecified atom stereocenters. The van der Waals surface area contributed by atoms with Crippen LogP contribution in [-0.2, 0) is 11.3 Å². The van der Waals surface area contributed by atoms with Crippen LogP contribution >= 0.6 is 11.3 Å². The first-order chi connectivity index (χ1) is 8.67. The number of amides is 1. The van der Waals surface area contributed by atoms with E-state index in [2.05, 4.69) is 20.4 Å². The standard InChI is InChI=1S/C11H19N5OS/c1-13-11-15-14-10(18-11)7-16-4-2-8(3-5-16)6-9(12)17/h8H,2-7H2,1H3,(H2,12,17)(H,13,15). The van der Waals surface area contributed by atoms with Gasteiger partial charge in [0, 0.05) is 13.5 Å². The van der Waals surface area contributed by atoms with Gasteiger partial charge in [-0.3, -0.25) is 9.69 Å². The second-order valence-electron chi connectivity index (χ2n) is 4.64. The number of piperidine rings is 1. The van der Waals surface area contributed by atoms with Gasteiger partial charge in [0.15, 0.2) is 0 Å². The lowest BCUT2D eigenvalue weighted by Crippen LogP contribution is -2.34. The summed E-state index contributed by atoms with van der Waals surface area (Å²) in [4.78, 5) is 13.2. The lowest BCUT2D eigenvalue weighted by atomic mass is 9.93. The highest BCUT2D eigenvalue weighted by molar-refractivity contribution is 7.15. The van der Waals surface area contributed by atoms with Gasteiger partial charge in [0.2, 0.25) is 11.0 Å². The minimum atomic E-state index is -0.184. The number of nitrogens with two attached hydrogens (primary N) is 1. The average molecular weight is 269 g/mol. The summed E-state index contributed by atoms with van der Waals surface area (Å²) < 4.78 is 0. The molecule has 2 rings (SSSR count). The average Bonchev–Trinajstić information content (AvgIpc) is 2.79. The first-order valence-corrected chi connectivity index (χ1v) is 7.00. The van der Waals surface area contributed by atoms with Crippen LogP contribution < -0.4 is 11.1 Å². The summed E-state index contributed by atoms with van der Waals surface area (Å²) >= 11 is 1.59. The Bertz CT molecular complexity index is 400. The first-order valence-electron chi connectivity index (χ1n) is 6.18. The summed E-state index contributed by atoms with van der Waals surface area (Å²) in [5.41, 5.74) is 5.22. The monoisotopic (exact) mass is 269 g/mol. The molecule has 0 aromatic carbocycles. The second kappa shape index (κ2) is 6.10. The fourth-order valence-corrected chi connectivity index (χ4v) is 2.98. The van der Waals surface area contributed by atoms with Crippen LogP contribution in [0.4, 0.5) is 5.13 Å². The van der Waals surface area contributed by atoms with E-state index in [4.69, 9.17) is 5.73 Å². The molecule has 1 aromatic rings. The number of nitrogens with one attached hydrogen (secondary N) is 1. The largest absolute Gasteiger partial charge is 0.370 e. The van der Waals surface area contributed by atoms with Gasteiger partial charge in [0.25, 0.3) is 0 Å². The Morgan fingerprint density at radius 3 is 2.78 bits per heavy atom. The molecule has 0 bridgehead atoms. The number of carbonyl (C=O) groups excluding carboxylic acids is 1. The Labute approximate surface area is 111 Å². The molecule has 100 valence electrons. The SMILES string of the molecule is CNc1nnc(CN2CCC(CC(N)=O)CC2)s1. The summed E-state index contributed by atoms with van der Waals surface area (Å²) in [6, 6.07) is 0. The third-order valence-corrected chi connectivity index (χ3v) is 4.16. The van der Waals surface area contributed by atoms with Crippen molar-refractivity contribution in [3.8, 4) is 0 Å². The molecule has 0 atom stereocenters. The van der Waals surface area contributed by atoms with Crippen molar-refractivity contribution < 1.29 is 4.79 Å². The van der Waals surface area contributed by atoms with E-state index in [1.807, 2.05) is 7.05 Å². The van der Waals surface area contributed by atoms with Crippen LogP contribution in [0.3, 0.4) is 0 Å². The van der Waals surface area contributed by atoms with E-state index in [1.54, 1.807) is 11.3 Å². The molecule has 18 heavy (non-hydrogen) atoms. The number of hydrogen-bond acceptors (Lipinski definition) is 6. The van der Waals surface area contributed by atoms with E-state index in [1.165, 1.54) is 0 Å². The highest BCUT2D eigenvalue weighted by Crippen LogP contribution is 2.23. The maximum atomic E-state index is 10.9. The van der Waals surface area contributed by atoms with Crippen molar-refractivity contribution in [3.63, 3.8) is 0 Å². The Morgan fingerprint density at radius 2 is 2.22 bits per heavy atom. The molecule has 3 N–H and O–H groups in total. The number of nitrogens with zero attached hydrogens (tertiary/aromatic N) is 3. The number of anilines is 1. The molecule has 0 spiro atoms. The van der Waals surface area contributed by atoms with Gasteiger partial charge in [0.1, 0.15) is 5.01 Å². The Morgan fingerprint density at radius 1 is 1.50 bits per heavy atom. The fraction of sp³-hybridized carbons (Fsp3) is 0.727. The van der Waals surface area contributed by atoms with E-state index < -0.39 is 0 Å². The molecule has 1 saturated heterocycles. The molecule has 0 aliphatic carbocycles. The van der Waals surface area contributed by atoms with E-state index >= 15 is 0 Å². The molecule has 6 nitrogen and oxygen atoms in total. The maximum absolute atomic E-state index is 10.9. The van der Waals surface area contributed by atoms with Crippen molar-refractivity contribution in [3.05, 3.63) is 5.01 Å². The number of aromatic nitrogens is 2. The first kappa shape index (κ1) is 13.2. The third-order valence-electron chi connectivity index (χ3n) is 3.24. The lowest BCUT2D eigenvalue weighted by molar-refractivity contribution is -0.119. The van der Waals surface area contributed by atoms with E-state index in [0.717, 1.165) is 42.6 Å². The van der Waals surface area contributed by atoms with Crippen molar-refractivity contribution in [2.24, 2.45) is 11.7 Å². The molecule has 0 radical (unpaired) electrons. The van der Waals surface area contributed by atoms with Gasteiger partial charge in [-0.25, -0.2) is 0 Å². The van der Waals surface area contributed by atoms with Gasteiger partial charge in [-0.05, 0) is 31.8 Å². The molecular weight excluding hydrogens is 250 g/mol. The lowest BCUT2D eigenvalue weighted by Gasteiger charge is -2.30. The van der Waals surface area contributed by atoms with Gasteiger partial charge in [-0.15, -0.1) is 10.2 Å². The summed E-state index contributed by atoms with van der Waals surface area (Å²) in [7, 11) is 1.85. The van der Waals surface area contributed by atoms with Crippen molar-refractivity contribution in [2.75, 3.05) is 25.5 Å². The normalized spacial score (nSPS) is 17.8. The van der Waals surface area contributed by atoms with E-state index in [9.17, 15) is 4.79 Å². The smallest absolute Gasteiger partial charge is 0.217 e. The molecular formula is C11H19N5OS. The predicted octanol–water partition coefficient (Wildman–Crippen LogP) is 0.667. The molecule has 1 aliphatic heterocycles. The van der Waals surface area contributed by atoms with E-state index in [0.29, 0.717) is 12.3 Å². The summed E-state index contributed by atoms with van der Waals surface area (Å²) in [5.74, 6) is 0.275. The highest BCUT2D eigenvalue weighted by Gasteiger charge is 2.21. The highest BCUT2D eigenvalue weighted by atomic mass is 32.1. The minimum absolute atomic E-state index is 0.184. The quantitative estimate of drug-likeness (QED) is 0.820. The van der Waals surface area contributed by atoms with Crippen LogP contribution in [0.5, 0.6) is 0 Å². The number of hydrogen-bond donors (Lipinski definition) is 2. The van der Waals surface area contributed by atoms with Crippen LogP contribution in [0, 0.1) is 5.92 Å². The molecule has 1 aliphatic rings. The van der Waals surface area contributed by atoms with Crippen molar-refractivity contribution in [1.82, 2.24) is 15.1 Å². The molecule has 1 fully saturated rings. The zero-order chi connectivity index (χ0) is 13.0. The zero-order valence-electron chi connectivity index (χ0n) is 10.6. The van der Waals surface area contributed by atoms with Crippen molar-refractivity contribution >= 4 is 22.4 Å². The zero-order valence-corrected chi connectivity index (χ0v) is 11.4. The molecule has 7 heteroatoms. The van der Waals surface area contributed by atoms with Crippen molar-refractivity contribution in [1.29, 1.82) is 0 Å². The maximum Gasteiger partial charge on any atom is 0.217 e. The van der Waals surface area contributed by atoms with Gasteiger partial charge in [0.05, 0.1) is 6.54 Å². The van der Waals surface area contributed by atoms with Gasteiger partial charge < -0.3 is 11.1 Å². The second-order valence-corrected chi connectivity index (χ2v) is 5.70. The predicted molar refractivity (Wildman–Crippen MR) is 71.3 cm³/mol. The summed E-state index contributed by atoms with van der Waals surface area (Å²) in [6.45, 7) is 2.86. The number of primary amides is 1.